The highest BCUT2D eigenvalue weighted by Crippen LogP contribution is 2.24. The minimum atomic E-state index is -0.695. The first-order valence-electron chi connectivity index (χ1n) is 4.64. The van der Waals surface area contributed by atoms with E-state index in [4.69, 9.17) is 5.73 Å². The smallest absolute Gasteiger partial charge is 0.369 e. The lowest BCUT2D eigenvalue weighted by Gasteiger charge is -1.89. The van der Waals surface area contributed by atoms with E-state index in [-0.39, 0.29) is 17.3 Å². The number of H-pyrrole nitrogens is 2. The molecule has 94 valence electrons. The molecule has 0 aliphatic carbocycles. The standard InChI is InChI=1S/C7H8N8O3/c1-14-7(16)3(4(8)13-14)11-12-5-6(15(17)18)10-2-9-5/h2,13H,8H2,1H3,(H,9,10). The molecule has 0 saturated heterocycles. The van der Waals surface area contributed by atoms with E-state index in [0.29, 0.717) is 0 Å². The minimum Gasteiger partial charge on any atom is -0.382 e. The van der Waals surface area contributed by atoms with Crippen molar-refractivity contribution in [2.45, 2.75) is 0 Å². The first kappa shape index (κ1) is 11.5. The lowest BCUT2D eigenvalue weighted by atomic mass is 10.5. The number of aryl methyl sites for hydroxylation is 1. The number of azo groups is 1. The summed E-state index contributed by atoms with van der Waals surface area (Å²) in [5.74, 6) is -0.628. The molecule has 0 unspecified atom stereocenters. The van der Waals surface area contributed by atoms with Crippen molar-refractivity contribution in [2.75, 3.05) is 5.73 Å². The Hall–Kier alpha value is -2.98. The van der Waals surface area contributed by atoms with Crippen LogP contribution in [0.25, 0.3) is 0 Å². The van der Waals surface area contributed by atoms with Crippen LogP contribution in [0.1, 0.15) is 0 Å². The predicted molar refractivity (Wildman–Crippen MR) is 59.9 cm³/mol. The van der Waals surface area contributed by atoms with Gasteiger partial charge in [0.05, 0.1) is 0 Å². The van der Waals surface area contributed by atoms with Gasteiger partial charge in [0.2, 0.25) is 0 Å². The second-order valence-corrected chi connectivity index (χ2v) is 3.27. The van der Waals surface area contributed by atoms with Gasteiger partial charge in [0.25, 0.3) is 11.4 Å². The number of aromatic amines is 2. The molecule has 2 rings (SSSR count). The number of nitrogens with two attached hydrogens (primary N) is 1. The zero-order valence-electron chi connectivity index (χ0n) is 9.12. The summed E-state index contributed by atoms with van der Waals surface area (Å²) in [6.45, 7) is 0. The summed E-state index contributed by atoms with van der Waals surface area (Å²) in [6, 6.07) is 0. The van der Waals surface area contributed by atoms with Crippen LogP contribution < -0.4 is 11.3 Å². The van der Waals surface area contributed by atoms with Crippen molar-refractivity contribution in [1.29, 1.82) is 0 Å². The number of nitrogens with zero attached hydrogens (tertiary/aromatic N) is 5. The number of anilines is 1. The molecule has 0 saturated carbocycles. The topological polar surface area (TPSA) is 160 Å². The summed E-state index contributed by atoms with van der Waals surface area (Å²) in [4.78, 5) is 27.3. The van der Waals surface area contributed by atoms with Gasteiger partial charge in [-0.05, 0) is 4.92 Å². The zero-order valence-corrected chi connectivity index (χ0v) is 9.12. The molecule has 0 aromatic carbocycles. The van der Waals surface area contributed by atoms with Crippen molar-refractivity contribution >= 4 is 23.1 Å². The van der Waals surface area contributed by atoms with Crippen molar-refractivity contribution in [3.63, 3.8) is 0 Å². The minimum absolute atomic E-state index is 0.0180. The number of nitrogens with one attached hydrogen (secondary N) is 2. The average Bonchev–Trinajstić information content (AvgIpc) is 2.84. The van der Waals surface area contributed by atoms with Crippen molar-refractivity contribution in [3.8, 4) is 0 Å². The molecule has 11 heteroatoms. The van der Waals surface area contributed by atoms with Crippen LogP contribution in [-0.4, -0.2) is 24.7 Å². The van der Waals surface area contributed by atoms with Gasteiger partial charge in [-0.3, -0.25) is 14.6 Å². The lowest BCUT2D eigenvalue weighted by molar-refractivity contribution is -0.388. The van der Waals surface area contributed by atoms with Crippen LogP contribution >= 0.6 is 0 Å². The zero-order chi connectivity index (χ0) is 13.3. The summed E-state index contributed by atoms with van der Waals surface area (Å²) in [6.07, 6.45) is 1.10. The quantitative estimate of drug-likeness (QED) is 0.407. The van der Waals surface area contributed by atoms with E-state index in [1.807, 2.05) is 0 Å². The highest BCUT2D eigenvalue weighted by atomic mass is 16.6. The molecule has 2 aromatic heterocycles. The summed E-state index contributed by atoms with van der Waals surface area (Å²) in [5, 5.41) is 20.2. The summed E-state index contributed by atoms with van der Waals surface area (Å²) < 4.78 is 1.11. The van der Waals surface area contributed by atoms with Gasteiger partial charge in [-0.1, -0.05) is 0 Å². The maximum atomic E-state index is 11.5. The number of nitrogen functional groups attached to an aromatic ring is 1. The van der Waals surface area contributed by atoms with Gasteiger partial charge >= 0.3 is 5.82 Å². The maximum Gasteiger partial charge on any atom is 0.369 e. The molecule has 0 amide bonds. The van der Waals surface area contributed by atoms with Crippen LogP contribution in [0.4, 0.5) is 23.1 Å². The van der Waals surface area contributed by atoms with Gasteiger partial charge < -0.3 is 15.8 Å². The molecule has 0 radical (unpaired) electrons. The Morgan fingerprint density at radius 1 is 1.56 bits per heavy atom. The van der Waals surface area contributed by atoms with E-state index < -0.39 is 16.3 Å². The first-order chi connectivity index (χ1) is 8.50. The summed E-state index contributed by atoms with van der Waals surface area (Å²) in [5.41, 5.74) is 4.87. The Bertz CT molecular complexity index is 677. The van der Waals surface area contributed by atoms with Gasteiger partial charge in [-0.25, -0.2) is 4.98 Å². The predicted octanol–water partition coefficient (Wildman–Crippen LogP) is 0.342. The third kappa shape index (κ3) is 1.83. The highest BCUT2D eigenvalue weighted by Gasteiger charge is 2.15. The second kappa shape index (κ2) is 4.12. The normalized spacial score (nSPS) is 11.2. The van der Waals surface area contributed by atoms with Crippen LogP contribution in [0.15, 0.2) is 21.4 Å². The second-order valence-electron chi connectivity index (χ2n) is 3.27. The van der Waals surface area contributed by atoms with Crippen LogP contribution in [0.5, 0.6) is 0 Å². The molecule has 4 N–H and O–H groups in total. The largest absolute Gasteiger partial charge is 0.382 e. The molecule has 0 atom stereocenters. The van der Waals surface area contributed by atoms with Crippen molar-refractivity contribution < 1.29 is 4.92 Å². The fourth-order valence-electron chi connectivity index (χ4n) is 1.24. The van der Waals surface area contributed by atoms with E-state index >= 15 is 0 Å². The van der Waals surface area contributed by atoms with Crippen molar-refractivity contribution in [2.24, 2.45) is 17.3 Å². The maximum absolute atomic E-state index is 11.5. The summed E-state index contributed by atoms with van der Waals surface area (Å²) in [7, 11) is 1.45. The van der Waals surface area contributed by atoms with E-state index in [2.05, 4.69) is 25.3 Å². The first-order valence-corrected chi connectivity index (χ1v) is 4.64. The average molecular weight is 252 g/mol. The molecule has 18 heavy (non-hydrogen) atoms. The molecule has 2 aromatic rings. The number of imidazole rings is 1. The number of nitro groups is 1. The molecule has 0 aliphatic rings. The molecule has 11 nitrogen and oxygen atoms in total. The highest BCUT2D eigenvalue weighted by molar-refractivity contribution is 5.56. The Balaban J connectivity index is 2.39. The van der Waals surface area contributed by atoms with Gasteiger partial charge in [-0.15, -0.1) is 10.2 Å². The van der Waals surface area contributed by atoms with Crippen LogP contribution in [0.3, 0.4) is 0 Å². The van der Waals surface area contributed by atoms with Gasteiger partial charge in [-0.2, -0.15) is 4.98 Å². The number of hydrogen-bond acceptors (Lipinski definition) is 7. The van der Waals surface area contributed by atoms with Gasteiger partial charge in [0.15, 0.2) is 12.0 Å². The fourth-order valence-corrected chi connectivity index (χ4v) is 1.24. The van der Waals surface area contributed by atoms with E-state index in [1.165, 1.54) is 7.05 Å². The van der Waals surface area contributed by atoms with Gasteiger partial charge in [0.1, 0.15) is 5.82 Å². The number of aromatic nitrogens is 4. The Morgan fingerprint density at radius 2 is 2.28 bits per heavy atom. The Labute approximate surface area is 98.5 Å². The van der Waals surface area contributed by atoms with E-state index in [9.17, 15) is 14.9 Å². The SMILES string of the molecule is Cn1[nH]c(N)c(N=Nc2nc[nH]c2[N+](=O)[O-])c1=O. The molecule has 0 bridgehead atoms. The van der Waals surface area contributed by atoms with Crippen LogP contribution in [0, 0.1) is 10.1 Å². The Morgan fingerprint density at radius 3 is 2.83 bits per heavy atom. The molecule has 0 spiro atoms. The molecule has 0 aliphatic heterocycles. The number of rotatable bonds is 3. The van der Waals surface area contributed by atoms with E-state index in [0.717, 1.165) is 11.0 Å². The van der Waals surface area contributed by atoms with Crippen LogP contribution in [0.2, 0.25) is 0 Å². The fraction of sp³-hybridized carbons (Fsp3) is 0.143. The van der Waals surface area contributed by atoms with E-state index in [1.54, 1.807) is 0 Å². The summed E-state index contributed by atoms with van der Waals surface area (Å²) >= 11 is 0. The monoisotopic (exact) mass is 252 g/mol. The van der Waals surface area contributed by atoms with Gasteiger partial charge in [0, 0.05) is 7.05 Å². The number of hydrogen-bond donors (Lipinski definition) is 3. The lowest BCUT2D eigenvalue weighted by Crippen LogP contribution is -2.10. The molecular formula is C7H8N8O3. The van der Waals surface area contributed by atoms with Crippen LogP contribution in [-0.2, 0) is 7.05 Å². The van der Waals surface area contributed by atoms with Crippen molar-refractivity contribution in [1.82, 2.24) is 19.7 Å². The molecule has 0 fully saturated rings. The molecule has 2 heterocycles. The van der Waals surface area contributed by atoms with Crippen molar-refractivity contribution in [3.05, 3.63) is 26.8 Å². The third-order valence-electron chi connectivity index (χ3n) is 2.08. The molecular weight excluding hydrogens is 244 g/mol. The Kier molecular flexibility index (Phi) is 2.63. The third-order valence-corrected chi connectivity index (χ3v) is 2.08.